The van der Waals surface area contributed by atoms with E-state index in [4.69, 9.17) is 0 Å². The topological polar surface area (TPSA) is 32.3 Å². The average molecular weight is 198 g/mol. The van der Waals surface area contributed by atoms with E-state index in [0.717, 1.165) is 26.1 Å². The Hall–Kier alpha value is -0.570. The molecule has 0 bridgehead atoms. The van der Waals surface area contributed by atoms with Gasteiger partial charge in [-0.15, -0.1) is 0 Å². The molecule has 1 saturated heterocycles. The van der Waals surface area contributed by atoms with Gasteiger partial charge in [-0.2, -0.15) is 0 Å². The number of nitrogens with zero attached hydrogens (tertiary/aromatic N) is 1. The molecule has 1 heterocycles. The van der Waals surface area contributed by atoms with Crippen molar-refractivity contribution in [2.45, 2.75) is 52.0 Å². The third-order valence-electron chi connectivity index (χ3n) is 3.16. The lowest BCUT2D eigenvalue weighted by atomic mass is 9.99. The second-order valence-electron chi connectivity index (χ2n) is 4.30. The minimum atomic E-state index is -0.299. The first-order valence-electron chi connectivity index (χ1n) is 5.68. The minimum absolute atomic E-state index is 0.274. The van der Waals surface area contributed by atoms with Crippen LogP contribution in [0.3, 0.4) is 0 Å². The third kappa shape index (κ3) is 2.27. The highest BCUT2D eigenvalue weighted by molar-refractivity contribution is 5.87. The summed E-state index contributed by atoms with van der Waals surface area (Å²) in [5.74, 6) is 0.274. The second kappa shape index (κ2) is 4.78. The molecule has 3 heteroatoms. The Bertz CT molecular complexity index is 205. The van der Waals surface area contributed by atoms with E-state index >= 15 is 0 Å². The van der Waals surface area contributed by atoms with Crippen LogP contribution in [0.5, 0.6) is 0 Å². The molecule has 0 aromatic heterocycles. The van der Waals surface area contributed by atoms with Crippen molar-refractivity contribution in [1.82, 2.24) is 10.2 Å². The average Bonchev–Trinajstić information content (AvgIpc) is 2.47. The Kier molecular flexibility index (Phi) is 3.93. The normalized spacial score (nSPS) is 27.4. The van der Waals surface area contributed by atoms with Crippen molar-refractivity contribution in [1.29, 1.82) is 0 Å². The van der Waals surface area contributed by atoms with E-state index in [1.807, 2.05) is 11.8 Å². The summed E-state index contributed by atoms with van der Waals surface area (Å²) in [5.41, 5.74) is -0.299. The first kappa shape index (κ1) is 11.5. The van der Waals surface area contributed by atoms with Crippen molar-refractivity contribution in [2.24, 2.45) is 0 Å². The standard InChI is InChI=1S/C11H22N2O/c1-4-6-7-8-13-9-12-11(3,5-2)10(13)14/h12H,4-9H2,1-3H3. The highest BCUT2D eigenvalue weighted by atomic mass is 16.2. The molecule has 0 spiro atoms. The summed E-state index contributed by atoms with van der Waals surface area (Å²) in [6, 6.07) is 0. The molecule has 0 aromatic carbocycles. The Morgan fingerprint density at radius 3 is 2.64 bits per heavy atom. The maximum atomic E-state index is 11.9. The van der Waals surface area contributed by atoms with Gasteiger partial charge < -0.3 is 4.90 Å². The maximum Gasteiger partial charge on any atom is 0.243 e. The van der Waals surface area contributed by atoms with Crippen molar-refractivity contribution in [3.8, 4) is 0 Å². The zero-order valence-corrected chi connectivity index (χ0v) is 9.60. The van der Waals surface area contributed by atoms with Gasteiger partial charge in [0.15, 0.2) is 0 Å². The SMILES string of the molecule is CCCCCN1CNC(C)(CC)C1=O. The molecule has 0 radical (unpaired) electrons. The van der Waals surface area contributed by atoms with Crippen molar-refractivity contribution in [3.05, 3.63) is 0 Å². The van der Waals surface area contributed by atoms with Crippen molar-refractivity contribution in [2.75, 3.05) is 13.2 Å². The molecular formula is C11H22N2O. The van der Waals surface area contributed by atoms with Gasteiger partial charge in [-0.3, -0.25) is 10.1 Å². The van der Waals surface area contributed by atoms with Gasteiger partial charge in [0.05, 0.1) is 12.2 Å². The fraction of sp³-hybridized carbons (Fsp3) is 0.909. The highest BCUT2D eigenvalue weighted by Gasteiger charge is 2.40. The van der Waals surface area contributed by atoms with Gasteiger partial charge in [0.25, 0.3) is 0 Å². The lowest BCUT2D eigenvalue weighted by Gasteiger charge is -2.20. The predicted octanol–water partition coefficient (Wildman–Crippen LogP) is 1.73. The fourth-order valence-corrected chi connectivity index (χ4v) is 1.78. The zero-order valence-electron chi connectivity index (χ0n) is 9.60. The molecule has 1 rings (SSSR count). The third-order valence-corrected chi connectivity index (χ3v) is 3.16. The van der Waals surface area contributed by atoms with Crippen LogP contribution in [0.4, 0.5) is 0 Å². The Balaban J connectivity index is 2.40. The number of hydrogen-bond donors (Lipinski definition) is 1. The van der Waals surface area contributed by atoms with Crippen LogP contribution in [0.1, 0.15) is 46.5 Å². The lowest BCUT2D eigenvalue weighted by molar-refractivity contribution is -0.132. The maximum absolute atomic E-state index is 11.9. The van der Waals surface area contributed by atoms with Gasteiger partial charge in [0.2, 0.25) is 5.91 Å². The van der Waals surface area contributed by atoms with Crippen LogP contribution in [0.2, 0.25) is 0 Å². The van der Waals surface area contributed by atoms with E-state index in [1.165, 1.54) is 12.8 Å². The number of unbranched alkanes of at least 4 members (excludes halogenated alkanes) is 2. The molecule has 14 heavy (non-hydrogen) atoms. The number of carbonyl (C=O) groups is 1. The molecule has 0 saturated carbocycles. The molecular weight excluding hydrogens is 176 g/mol. The number of rotatable bonds is 5. The van der Waals surface area contributed by atoms with E-state index in [2.05, 4.69) is 19.2 Å². The van der Waals surface area contributed by atoms with Crippen LogP contribution < -0.4 is 5.32 Å². The second-order valence-corrected chi connectivity index (χ2v) is 4.30. The van der Waals surface area contributed by atoms with Crippen LogP contribution in [0.25, 0.3) is 0 Å². The summed E-state index contributed by atoms with van der Waals surface area (Å²) in [6.07, 6.45) is 4.42. The van der Waals surface area contributed by atoms with Crippen LogP contribution in [-0.2, 0) is 4.79 Å². The Labute approximate surface area is 86.9 Å². The Morgan fingerprint density at radius 2 is 2.14 bits per heavy atom. The number of nitrogens with one attached hydrogen (secondary N) is 1. The Morgan fingerprint density at radius 1 is 1.43 bits per heavy atom. The molecule has 1 atom stereocenters. The van der Waals surface area contributed by atoms with E-state index < -0.39 is 0 Å². The monoisotopic (exact) mass is 198 g/mol. The van der Waals surface area contributed by atoms with Crippen LogP contribution in [-0.4, -0.2) is 29.6 Å². The largest absolute Gasteiger partial charge is 0.328 e. The zero-order chi connectivity index (χ0) is 10.6. The minimum Gasteiger partial charge on any atom is -0.328 e. The molecule has 1 unspecified atom stereocenters. The van der Waals surface area contributed by atoms with Crippen LogP contribution in [0.15, 0.2) is 0 Å². The van der Waals surface area contributed by atoms with Gasteiger partial charge in [-0.05, 0) is 19.8 Å². The van der Waals surface area contributed by atoms with E-state index in [0.29, 0.717) is 0 Å². The van der Waals surface area contributed by atoms with Crippen molar-refractivity contribution < 1.29 is 4.79 Å². The first-order valence-corrected chi connectivity index (χ1v) is 5.68. The van der Waals surface area contributed by atoms with E-state index in [1.54, 1.807) is 0 Å². The van der Waals surface area contributed by atoms with Crippen molar-refractivity contribution >= 4 is 5.91 Å². The van der Waals surface area contributed by atoms with Crippen molar-refractivity contribution in [3.63, 3.8) is 0 Å². The lowest BCUT2D eigenvalue weighted by Crippen LogP contribution is -2.43. The van der Waals surface area contributed by atoms with Gasteiger partial charge in [-0.25, -0.2) is 0 Å². The quantitative estimate of drug-likeness (QED) is 0.682. The smallest absolute Gasteiger partial charge is 0.243 e. The molecule has 3 nitrogen and oxygen atoms in total. The van der Waals surface area contributed by atoms with E-state index in [9.17, 15) is 4.79 Å². The number of hydrogen-bond acceptors (Lipinski definition) is 2. The molecule has 0 aliphatic carbocycles. The van der Waals surface area contributed by atoms with E-state index in [-0.39, 0.29) is 11.4 Å². The highest BCUT2D eigenvalue weighted by Crippen LogP contribution is 2.19. The number of carbonyl (C=O) groups excluding carboxylic acids is 1. The summed E-state index contributed by atoms with van der Waals surface area (Å²) < 4.78 is 0. The molecule has 1 amide bonds. The summed E-state index contributed by atoms with van der Waals surface area (Å²) in [6.45, 7) is 7.87. The molecule has 1 aliphatic heterocycles. The molecule has 1 fully saturated rings. The predicted molar refractivity (Wildman–Crippen MR) is 57.9 cm³/mol. The molecule has 0 aromatic rings. The molecule has 82 valence electrons. The van der Waals surface area contributed by atoms with Gasteiger partial charge in [0.1, 0.15) is 0 Å². The van der Waals surface area contributed by atoms with Crippen LogP contribution in [0, 0.1) is 0 Å². The summed E-state index contributed by atoms with van der Waals surface area (Å²) in [4.78, 5) is 13.9. The summed E-state index contributed by atoms with van der Waals surface area (Å²) in [7, 11) is 0. The summed E-state index contributed by atoms with van der Waals surface area (Å²) >= 11 is 0. The molecule has 1 aliphatic rings. The summed E-state index contributed by atoms with van der Waals surface area (Å²) in [5, 5.41) is 3.29. The molecule has 1 N–H and O–H groups in total. The number of amides is 1. The van der Waals surface area contributed by atoms with Gasteiger partial charge in [-0.1, -0.05) is 26.7 Å². The fourth-order valence-electron chi connectivity index (χ4n) is 1.78. The van der Waals surface area contributed by atoms with Gasteiger partial charge in [0, 0.05) is 6.54 Å². The van der Waals surface area contributed by atoms with Crippen LogP contribution >= 0.6 is 0 Å². The first-order chi connectivity index (χ1) is 6.64. The van der Waals surface area contributed by atoms with Gasteiger partial charge >= 0.3 is 0 Å².